The molecular weight excluding hydrogens is 346 g/mol. The third kappa shape index (κ3) is 4.22. The van der Waals surface area contributed by atoms with Gasteiger partial charge in [0, 0.05) is 0 Å². The lowest BCUT2D eigenvalue weighted by atomic mass is 10.0. The van der Waals surface area contributed by atoms with E-state index in [0.29, 0.717) is 36.2 Å². The van der Waals surface area contributed by atoms with E-state index in [2.05, 4.69) is 5.32 Å². The molecule has 1 saturated carbocycles. The second-order valence-corrected chi connectivity index (χ2v) is 6.73. The average Bonchev–Trinajstić information content (AvgIpc) is 3.55. The van der Waals surface area contributed by atoms with Gasteiger partial charge in [0.25, 0.3) is 5.91 Å². The first kappa shape index (κ1) is 17.4. The first-order valence-corrected chi connectivity index (χ1v) is 9.12. The molecule has 0 spiro atoms. The molecule has 1 unspecified atom stereocenters. The summed E-state index contributed by atoms with van der Waals surface area (Å²) in [5, 5.41) is 2.99. The molecule has 1 heterocycles. The number of benzene rings is 2. The van der Waals surface area contributed by atoms with E-state index in [1.165, 1.54) is 0 Å². The van der Waals surface area contributed by atoms with Gasteiger partial charge in [-0.25, -0.2) is 4.79 Å². The second kappa shape index (κ2) is 7.70. The molecule has 1 N–H and O–H groups in total. The smallest absolute Gasteiger partial charge is 0.338 e. The maximum absolute atomic E-state index is 12.3. The van der Waals surface area contributed by atoms with Crippen molar-refractivity contribution in [1.82, 2.24) is 5.32 Å². The minimum absolute atomic E-state index is 0.0355. The van der Waals surface area contributed by atoms with Crippen molar-refractivity contribution in [3.8, 4) is 11.5 Å². The van der Waals surface area contributed by atoms with E-state index in [0.717, 1.165) is 18.4 Å². The van der Waals surface area contributed by atoms with Gasteiger partial charge in [-0.1, -0.05) is 30.3 Å². The number of fused-ring (bicyclic) bond motifs is 1. The van der Waals surface area contributed by atoms with Crippen molar-refractivity contribution in [2.75, 3.05) is 19.8 Å². The number of nitrogens with one attached hydrogen (secondary N) is 1. The van der Waals surface area contributed by atoms with Crippen molar-refractivity contribution in [3.63, 3.8) is 0 Å². The molecule has 1 atom stereocenters. The van der Waals surface area contributed by atoms with E-state index >= 15 is 0 Å². The number of ether oxygens (including phenoxy) is 3. The Balaban J connectivity index is 1.34. The summed E-state index contributed by atoms with van der Waals surface area (Å²) < 4.78 is 16.1. The lowest BCUT2D eigenvalue weighted by Gasteiger charge is -2.19. The maximum atomic E-state index is 12.3. The predicted molar refractivity (Wildman–Crippen MR) is 97.8 cm³/mol. The molecule has 2 aliphatic rings. The molecule has 0 radical (unpaired) electrons. The zero-order valence-corrected chi connectivity index (χ0v) is 14.9. The van der Waals surface area contributed by atoms with Gasteiger partial charge < -0.3 is 19.5 Å². The Hall–Kier alpha value is -3.02. The highest BCUT2D eigenvalue weighted by atomic mass is 16.6. The number of hydrogen-bond donors (Lipinski definition) is 1. The van der Waals surface area contributed by atoms with E-state index < -0.39 is 5.97 Å². The minimum atomic E-state index is -0.565. The van der Waals surface area contributed by atoms with Gasteiger partial charge >= 0.3 is 5.97 Å². The Morgan fingerprint density at radius 2 is 1.78 bits per heavy atom. The Morgan fingerprint density at radius 3 is 2.52 bits per heavy atom. The molecule has 27 heavy (non-hydrogen) atoms. The Kier molecular flexibility index (Phi) is 4.96. The summed E-state index contributed by atoms with van der Waals surface area (Å²) in [4.78, 5) is 24.5. The van der Waals surface area contributed by atoms with Gasteiger partial charge in [-0.05, 0) is 42.5 Å². The van der Waals surface area contributed by atoms with Gasteiger partial charge in [0.1, 0.15) is 13.2 Å². The highest BCUT2D eigenvalue weighted by Crippen LogP contribution is 2.40. The maximum Gasteiger partial charge on any atom is 0.338 e. The topological polar surface area (TPSA) is 73.9 Å². The zero-order valence-electron chi connectivity index (χ0n) is 14.9. The first-order chi connectivity index (χ1) is 13.2. The fraction of sp³-hybridized carbons (Fsp3) is 0.333. The van der Waals surface area contributed by atoms with Crippen molar-refractivity contribution in [2.24, 2.45) is 5.92 Å². The summed E-state index contributed by atoms with van der Waals surface area (Å²) >= 11 is 0. The molecule has 4 rings (SSSR count). The minimum Gasteiger partial charge on any atom is -0.486 e. The van der Waals surface area contributed by atoms with Crippen LogP contribution >= 0.6 is 0 Å². The zero-order chi connectivity index (χ0) is 18.6. The van der Waals surface area contributed by atoms with Crippen LogP contribution in [0.2, 0.25) is 0 Å². The summed E-state index contributed by atoms with van der Waals surface area (Å²) in [5.41, 5.74) is 1.40. The molecule has 0 bridgehead atoms. The molecule has 1 aliphatic carbocycles. The van der Waals surface area contributed by atoms with Crippen LogP contribution in [0.25, 0.3) is 0 Å². The summed E-state index contributed by atoms with van der Waals surface area (Å²) in [6, 6.07) is 14.7. The van der Waals surface area contributed by atoms with Crippen molar-refractivity contribution < 1.29 is 23.8 Å². The van der Waals surface area contributed by atoms with Crippen LogP contribution in [-0.2, 0) is 9.53 Å². The Bertz CT molecular complexity index is 832. The molecular formula is C21H21NO5. The van der Waals surface area contributed by atoms with Crippen LogP contribution in [0.5, 0.6) is 11.5 Å². The molecule has 0 aromatic heterocycles. The average molecular weight is 367 g/mol. The SMILES string of the molecule is O=C(COC(=O)c1ccc2c(c1)OCCO2)NC(c1ccccc1)C1CC1. The third-order valence-corrected chi connectivity index (χ3v) is 4.68. The summed E-state index contributed by atoms with van der Waals surface area (Å²) in [5.74, 6) is 0.694. The Labute approximate surface area is 157 Å². The van der Waals surface area contributed by atoms with Crippen molar-refractivity contribution >= 4 is 11.9 Å². The van der Waals surface area contributed by atoms with Crippen LogP contribution in [0.15, 0.2) is 48.5 Å². The first-order valence-electron chi connectivity index (χ1n) is 9.12. The quantitative estimate of drug-likeness (QED) is 0.795. The second-order valence-electron chi connectivity index (χ2n) is 6.73. The number of amides is 1. The number of esters is 1. The molecule has 6 heteroatoms. The van der Waals surface area contributed by atoms with Crippen molar-refractivity contribution in [1.29, 1.82) is 0 Å². The molecule has 140 valence electrons. The monoisotopic (exact) mass is 367 g/mol. The number of rotatable bonds is 6. The molecule has 1 amide bonds. The summed E-state index contributed by atoms with van der Waals surface area (Å²) in [6.07, 6.45) is 2.19. The number of carbonyl (C=O) groups is 2. The summed E-state index contributed by atoms with van der Waals surface area (Å²) in [6.45, 7) is 0.611. The highest BCUT2D eigenvalue weighted by molar-refractivity contribution is 5.92. The molecule has 2 aromatic rings. The fourth-order valence-corrected chi connectivity index (χ4v) is 3.16. The molecule has 2 aromatic carbocycles. The van der Waals surface area contributed by atoms with Gasteiger partial charge in [-0.15, -0.1) is 0 Å². The number of carbonyl (C=O) groups excluding carboxylic acids is 2. The van der Waals surface area contributed by atoms with Crippen LogP contribution in [0, 0.1) is 5.92 Å². The van der Waals surface area contributed by atoms with E-state index in [9.17, 15) is 9.59 Å². The standard InChI is InChI=1S/C21H21NO5/c23-19(22-20(15-6-7-15)14-4-2-1-3-5-14)13-27-21(24)16-8-9-17-18(12-16)26-11-10-25-17/h1-5,8-9,12,15,20H,6-7,10-11,13H2,(H,22,23). The molecule has 1 fully saturated rings. The van der Waals surface area contributed by atoms with E-state index in [4.69, 9.17) is 14.2 Å². The normalized spacial score (nSPS) is 16.3. The van der Waals surface area contributed by atoms with Gasteiger partial charge in [0.15, 0.2) is 18.1 Å². The van der Waals surface area contributed by atoms with E-state index in [1.807, 2.05) is 30.3 Å². The lowest BCUT2D eigenvalue weighted by molar-refractivity contribution is -0.125. The van der Waals surface area contributed by atoms with Gasteiger partial charge in [0.2, 0.25) is 0 Å². The predicted octanol–water partition coefficient (Wildman–Crippen LogP) is 2.88. The van der Waals surface area contributed by atoms with Crippen LogP contribution in [-0.4, -0.2) is 31.7 Å². The summed E-state index contributed by atoms with van der Waals surface area (Å²) in [7, 11) is 0. The van der Waals surface area contributed by atoms with Crippen molar-refractivity contribution in [3.05, 3.63) is 59.7 Å². The van der Waals surface area contributed by atoms with Crippen molar-refractivity contribution in [2.45, 2.75) is 18.9 Å². The van der Waals surface area contributed by atoms with Crippen LogP contribution in [0.3, 0.4) is 0 Å². The van der Waals surface area contributed by atoms with Gasteiger partial charge in [0.05, 0.1) is 11.6 Å². The Morgan fingerprint density at radius 1 is 1.04 bits per heavy atom. The van der Waals surface area contributed by atoms with Crippen LogP contribution < -0.4 is 14.8 Å². The molecule has 6 nitrogen and oxygen atoms in total. The lowest BCUT2D eigenvalue weighted by Crippen LogP contribution is -2.33. The van der Waals surface area contributed by atoms with Crippen LogP contribution in [0.1, 0.15) is 34.8 Å². The number of hydrogen-bond acceptors (Lipinski definition) is 5. The fourth-order valence-electron chi connectivity index (χ4n) is 3.16. The van der Waals surface area contributed by atoms with E-state index in [1.54, 1.807) is 18.2 Å². The largest absolute Gasteiger partial charge is 0.486 e. The highest BCUT2D eigenvalue weighted by Gasteiger charge is 2.33. The molecule has 1 aliphatic heterocycles. The van der Waals surface area contributed by atoms with Gasteiger partial charge in [-0.2, -0.15) is 0 Å². The van der Waals surface area contributed by atoms with E-state index in [-0.39, 0.29) is 18.6 Å². The molecule has 0 saturated heterocycles. The van der Waals surface area contributed by atoms with Crippen LogP contribution in [0.4, 0.5) is 0 Å². The van der Waals surface area contributed by atoms with Gasteiger partial charge in [-0.3, -0.25) is 4.79 Å². The third-order valence-electron chi connectivity index (χ3n) is 4.68.